The molecule has 130 valence electrons. The van der Waals surface area contributed by atoms with Crippen LogP contribution in [0, 0.1) is 0 Å². The number of aromatic nitrogens is 1. The maximum Gasteiger partial charge on any atom is 0.308 e. The monoisotopic (exact) mass is 347 g/mol. The molecule has 0 saturated heterocycles. The molecule has 0 amide bonds. The molecule has 0 saturated carbocycles. The fourth-order valence-electron chi connectivity index (χ4n) is 2.47. The van der Waals surface area contributed by atoms with Crippen molar-refractivity contribution in [1.82, 2.24) is 4.98 Å². The largest absolute Gasteiger partial charge is 0.427 e. The average molecular weight is 347 g/mol. The first-order valence-corrected chi connectivity index (χ1v) is 8.06. The minimum atomic E-state index is -0.455. The first kappa shape index (κ1) is 17.4. The van der Waals surface area contributed by atoms with Gasteiger partial charge in [0, 0.05) is 30.9 Å². The number of esters is 2. The van der Waals surface area contributed by atoms with Gasteiger partial charge >= 0.3 is 11.9 Å². The van der Waals surface area contributed by atoms with Crippen molar-refractivity contribution in [3.8, 4) is 11.5 Å². The molecule has 0 fully saturated rings. The van der Waals surface area contributed by atoms with Gasteiger partial charge in [0.25, 0.3) is 0 Å². The summed E-state index contributed by atoms with van der Waals surface area (Å²) in [6.07, 6.45) is 3.63. The number of carbonyl (C=O) groups is 2. The summed E-state index contributed by atoms with van der Waals surface area (Å²) in [6.45, 7) is 2.63. The van der Waals surface area contributed by atoms with Crippen LogP contribution in [-0.2, 0) is 9.59 Å². The fraction of sp³-hybridized carbons (Fsp3) is 0.0952. The number of pyridine rings is 1. The van der Waals surface area contributed by atoms with Crippen molar-refractivity contribution >= 4 is 35.0 Å². The molecule has 5 heteroatoms. The summed E-state index contributed by atoms with van der Waals surface area (Å²) in [6, 6.07) is 16.6. The minimum Gasteiger partial charge on any atom is -0.427 e. The Balaban J connectivity index is 1.92. The molecular weight excluding hydrogens is 330 g/mol. The van der Waals surface area contributed by atoms with Gasteiger partial charge < -0.3 is 9.47 Å². The van der Waals surface area contributed by atoms with Crippen LogP contribution in [-0.4, -0.2) is 16.9 Å². The van der Waals surface area contributed by atoms with Gasteiger partial charge in [-0.15, -0.1) is 0 Å². The highest BCUT2D eigenvalue weighted by atomic mass is 16.5. The van der Waals surface area contributed by atoms with Crippen LogP contribution in [0.1, 0.15) is 25.1 Å². The molecule has 1 heterocycles. The van der Waals surface area contributed by atoms with Gasteiger partial charge in [-0.1, -0.05) is 24.3 Å². The number of rotatable bonds is 4. The van der Waals surface area contributed by atoms with Crippen molar-refractivity contribution in [2.24, 2.45) is 0 Å². The van der Waals surface area contributed by atoms with Crippen LogP contribution in [0.3, 0.4) is 0 Å². The van der Waals surface area contributed by atoms with E-state index < -0.39 is 11.9 Å². The quantitative estimate of drug-likeness (QED) is 0.521. The molecule has 0 atom stereocenters. The Morgan fingerprint density at radius 1 is 0.885 bits per heavy atom. The van der Waals surface area contributed by atoms with Gasteiger partial charge in [0.15, 0.2) is 0 Å². The molecular formula is C21H17NO4. The lowest BCUT2D eigenvalue weighted by Crippen LogP contribution is -2.05. The second kappa shape index (κ2) is 7.61. The smallest absolute Gasteiger partial charge is 0.308 e. The fourth-order valence-corrected chi connectivity index (χ4v) is 2.47. The van der Waals surface area contributed by atoms with Gasteiger partial charge in [-0.3, -0.25) is 9.59 Å². The molecule has 0 aliphatic carbocycles. The zero-order valence-electron chi connectivity index (χ0n) is 14.4. The first-order chi connectivity index (χ1) is 12.5. The highest BCUT2D eigenvalue weighted by molar-refractivity contribution is 5.82. The molecule has 3 rings (SSSR count). The SMILES string of the molecule is CC(=O)Oc1ccc(C=Cc2ccc3ccccc3n2)c(OC(C)=O)c1. The van der Waals surface area contributed by atoms with E-state index in [4.69, 9.17) is 9.47 Å². The van der Waals surface area contributed by atoms with Crippen LogP contribution in [0.4, 0.5) is 0 Å². The van der Waals surface area contributed by atoms with Crippen LogP contribution in [0.25, 0.3) is 23.1 Å². The van der Waals surface area contributed by atoms with Gasteiger partial charge in [-0.25, -0.2) is 4.98 Å². The van der Waals surface area contributed by atoms with Gasteiger partial charge in [0.2, 0.25) is 0 Å². The zero-order valence-corrected chi connectivity index (χ0v) is 14.4. The third kappa shape index (κ3) is 4.33. The standard InChI is InChI=1S/C21H17NO4/c1-14(23)25-19-12-9-17(21(13-19)26-15(2)24)8-11-18-10-7-16-5-3-4-6-20(16)22-18/h3-13H,1-2H3. The summed E-state index contributed by atoms with van der Waals surface area (Å²) in [4.78, 5) is 27.0. The van der Waals surface area contributed by atoms with E-state index >= 15 is 0 Å². The van der Waals surface area contributed by atoms with E-state index in [0.717, 1.165) is 16.6 Å². The number of para-hydroxylation sites is 1. The summed E-state index contributed by atoms with van der Waals surface area (Å²) in [7, 11) is 0. The summed E-state index contributed by atoms with van der Waals surface area (Å²) >= 11 is 0. The molecule has 5 nitrogen and oxygen atoms in total. The van der Waals surface area contributed by atoms with Crippen LogP contribution in [0.5, 0.6) is 11.5 Å². The highest BCUT2D eigenvalue weighted by Crippen LogP contribution is 2.27. The zero-order chi connectivity index (χ0) is 18.5. The van der Waals surface area contributed by atoms with Crippen molar-refractivity contribution in [2.75, 3.05) is 0 Å². The van der Waals surface area contributed by atoms with Crippen molar-refractivity contribution in [1.29, 1.82) is 0 Å². The van der Waals surface area contributed by atoms with Crippen molar-refractivity contribution < 1.29 is 19.1 Å². The van der Waals surface area contributed by atoms with E-state index in [1.165, 1.54) is 19.9 Å². The van der Waals surface area contributed by atoms with Crippen LogP contribution >= 0.6 is 0 Å². The Hall–Kier alpha value is -3.47. The molecule has 0 aliphatic rings. The van der Waals surface area contributed by atoms with Gasteiger partial charge in [-0.2, -0.15) is 0 Å². The molecule has 0 radical (unpaired) electrons. The predicted molar refractivity (Wildman–Crippen MR) is 99.7 cm³/mol. The second-order valence-electron chi connectivity index (χ2n) is 5.65. The first-order valence-electron chi connectivity index (χ1n) is 8.06. The average Bonchev–Trinajstić information content (AvgIpc) is 2.60. The van der Waals surface area contributed by atoms with Crippen molar-refractivity contribution in [2.45, 2.75) is 13.8 Å². The van der Waals surface area contributed by atoms with E-state index in [9.17, 15) is 9.59 Å². The summed E-state index contributed by atoms with van der Waals surface area (Å²) in [5.41, 5.74) is 2.35. The van der Waals surface area contributed by atoms with Crippen LogP contribution < -0.4 is 9.47 Å². The maximum atomic E-state index is 11.4. The lowest BCUT2D eigenvalue weighted by atomic mass is 10.1. The number of carbonyl (C=O) groups excluding carboxylic acids is 2. The Bertz CT molecular complexity index is 1010. The topological polar surface area (TPSA) is 65.5 Å². The second-order valence-corrected chi connectivity index (χ2v) is 5.65. The normalized spacial score (nSPS) is 10.8. The van der Waals surface area contributed by atoms with Gasteiger partial charge in [-0.05, 0) is 36.4 Å². The molecule has 26 heavy (non-hydrogen) atoms. The van der Waals surface area contributed by atoms with Crippen molar-refractivity contribution in [3.05, 3.63) is 65.9 Å². The van der Waals surface area contributed by atoms with Crippen LogP contribution in [0.15, 0.2) is 54.6 Å². The van der Waals surface area contributed by atoms with E-state index in [2.05, 4.69) is 4.98 Å². The Morgan fingerprint density at radius 3 is 2.42 bits per heavy atom. The molecule has 0 aliphatic heterocycles. The number of fused-ring (bicyclic) bond motifs is 1. The lowest BCUT2D eigenvalue weighted by molar-refractivity contribution is -0.132. The third-order valence-electron chi connectivity index (χ3n) is 3.55. The molecule has 1 aromatic heterocycles. The molecule has 0 unspecified atom stereocenters. The Kier molecular flexibility index (Phi) is 5.08. The maximum absolute atomic E-state index is 11.4. The summed E-state index contributed by atoms with van der Waals surface area (Å²) in [5.74, 6) is -0.270. The van der Waals surface area contributed by atoms with Crippen LogP contribution in [0.2, 0.25) is 0 Å². The number of ether oxygens (including phenoxy) is 2. The van der Waals surface area contributed by atoms with Crippen molar-refractivity contribution in [3.63, 3.8) is 0 Å². The number of nitrogens with zero attached hydrogens (tertiary/aromatic N) is 1. The van der Waals surface area contributed by atoms with Gasteiger partial charge in [0.1, 0.15) is 11.5 Å². The molecule has 0 N–H and O–H groups in total. The lowest BCUT2D eigenvalue weighted by Gasteiger charge is -2.08. The van der Waals surface area contributed by atoms with E-state index in [1.54, 1.807) is 18.2 Å². The van der Waals surface area contributed by atoms with E-state index in [-0.39, 0.29) is 0 Å². The minimum absolute atomic E-state index is 0.313. The van der Waals surface area contributed by atoms with E-state index in [1.807, 2.05) is 42.5 Å². The predicted octanol–water partition coefficient (Wildman–Crippen LogP) is 4.26. The summed E-state index contributed by atoms with van der Waals surface area (Å²) < 4.78 is 10.3. The van der Waals surface area contributed by atoms with E-state index in [0.29, 0.717) is 17.1 Å². The molecule has 0 bridgehead atoms. The Morgan fingerprint density at radius 2 is 1.65 bits per heavy atom. The Labute approximate surface area is 150 Å². The molecule has 2 aromatic carbocycles. The number of hydrogen-bond acceptors (Lipinski definition) is 5. The van der Waals surface area contributed by atoms with Gasteiger partial charge in [0.05, 0.1) is 11.2 Å². The number of hydrogen-bond donors (Lipinski definition) is 0. The summed E-state index contributed by atoms with van der Waals surface area (Å²) in [5, 5.41) is 1.07. The number of benzene rings is 2. The molecule has 0 spiro atoms. The highest BCUT2D eigenvalue weighted by Gasteiger charge is 2.08. The third-order valence-corrected chi connectivity index (χ3v) is 3.55. The molecule has 3 aromatic rings.